The van der Waals surface area contributed by atoms with Gasteiger partial charge in [0.2, 0.25) is 5.91 Å². The van der Waals surface area contributed by atoms with Crippen LogP contribution in [0.25, 0.3) is 0 Å². The quantitative estimate of drug-likeness (QED) is 0.857. The van der Waals surface area contributed by atoms with Crippen LogP contribution >= 0.6 is 0 Å². The number of carbonyl (C=O) groups excluding carboxylic acids is 2. The monoisotopic (exact) mass is 288 g/mol. The molecule has 112 valence electrons. The Hall–Kier alpha value is -1.88. The number of rotatable bonds is 3. The summed E-state index contributed by atoms with van der Waals surface area (Å²) in [6, 6.07) is 7.97. The second-order valence-corrected chi connectivity index (χ2v) is 5.76. The minimum absolute atomic E-state index is 0.128. The predicted octanol–water partition coefficient (Wildman–Crippen LogP) is 1.54. The molecule has 2 aliphatic heterocycles. The molecule has 21 heavy (non-hydrogen) atoms. The number of nitrogens with zero attached hydrogens (tertiary/aromatic N) is 1. The first kappa shape index (κ1) is 14.1. The summed E-state index contributed by atoms with van der Waals surface area (Å²) in [6.45, 7) is 4.28. The van der Waals surface area contributed by atoms with E-state index in [9.17, 15) is 9.59 Å². The van der Waals surface area contributed by atoms with E-state index in [1.54, 1.807) is 0 Å². The molecule has 0 unspecified atom stereocenters. The van der Waals surface area contributed by atoms with Gasteiger partial charge in [-0.1, -0.05) is 18.2 Å². The molecule has 2 aliphatic rings. The summed E-state index contributed by atoms with van der Waals surface area (Å²) >= 11 is 0. The van der Waals surface area contributed by atoms with Crippen LogP contribution in [0.2, 0.25) is 0 Å². The molecule has 5 heteroatoms. The standard InChI is InChI=1S/C16H20N2O3/c1-12(19)21-11-10-18-8-6-16(7-9-18)13-4-2-3-5-14(13)17-15(16)20/h2-5H,6-11H2,1H3,(H,17,20). The third kappa shape index (κ3) is 2.53. The van der Waals surface area contributed by atoms with Crippen LogP contribution in [0.5, 0.6) is 0 Å². The molecule has 5 nitrogen and oxygen atoms in total. The van der Waals surface area contributed by atoms with Gasteiger partial charge in [-0.2, -0.15) is 0 Å². The molecule has 1 aromatic carbocycles. The van der Waals surface area contributed by atoms with Crippen molar-refractivity contribution in [1.29, 1.82) is 0 Å². The van der Waals surface area contributed by atoms with Crippen molar-refractivity contribution in [2.45, 2.75) is 25.2 Å². The minimum Gasteiger partial charge on any atom is -0.465 e. The van der Waals surface area contributed by atoms with Gasteiger partial charge in [0.05, 0.1) is 5.41 Å². The fourth-order valence-electron chi connectivity index (χ4n) is 3.35. The van der Waals surface area contributed by atoms with Gasteiger partial charge in [-0.05, 0) is 37.6 Å². The first-order valence-electron chi connectivity index (χ1n) is 7.38. The lowest BCUT2D eigenvalue weighted by molar-refractivity contribution is -0.141. The summed E-state index contributed by atoms with van der Waals surface area (Å²) in [7, 11) is 0. The normalized spacial score (nSPS) is 20.1. The van der Waals surface area contributed by atoms with Crippen LogP contribution in [0.4, 0.5) is 5.69 Å². The van der Waals surface area contributed by atoms with Crippen molar-refractivity contribution in [1.82, 2.24) is 4.90 Å². The molecule has 1 amide bonds. The molecular weight excluding hydrogens is 268 g/mol. The van der Waals surface area contributed by atoms with Gasteiger partial charge < -0.3 is 10.1 Å². The smallest absolute Gasteiger partial charge is 0.302 e. The molecule has 0 aliphatic carbocycles. The Morgan fingerprint density at radius 2 is 2.05 bits per heavy atom. The Bertz CT molecular complexity index is 562. The first-order valence-corrected chi connectivity index (χ1v) is 7.38. The topological polar surface area (TPSA) is 58.6 Å². The molecule has 1 fully saturated rings. The van der Waals surface area contributed by atoms with Crippen molar-refractivity contribution in [2.75, 3.05) is 31.6 Å². The van der Waals surface area contributed by atoms with Gasteiger partial charge in [-0.15, -0.1) is 0 Å². The van der Waals surface area contributed by atoms with Crippen molar-refractivity contribution in [3.63, 3.8) is 0 Å². The maximum Gasteiger partial charge on any atom is 0.302 e. The molecule has 1 spiro atoms. The number of anilines is 1. The van der Waals surface area contributed by atoms with E-state index in [1.807, 2.05) is 18.2 Å². The largest absolute Gasteiger partial charge is 0.465 e. The molecule has 0 radical (unpaired) electrons. The number of esters is 1. The second kappa shape index (κ2) is 5.48. The van der Waals surface area contributed by atoms with Crippen molar-refractivity contribution in [2.24, 2.45) is 0 Å². The van der Waals surface area contributed by atoms with Gasteiger partial charge in [0.15, 0.2) is 0 Å². The Kier molecular flexibility index (Phi) is 3.68. The maximum atomic E-state index is 12.4. The first-order chi connectivity index (χ1) is 10.1. The van der Waals surface area contributed by atoms with Crippen LogP contribution in [-0.2, 0) is 19.7 Å². The summed E-state index contributed by atoms with van der Waals surface area (Å²) < 4.78 is 4.98. The number of para-hydroxylation sites is 1. The third-order valence-corrected chi connectivity index (χ3v) is 4.55. The summed E-state index contributed by atoms with van der Waals surface area (Å²) in [5.41, 5.74) is 1.72. The highest BCUT2D eigenvalue weighted by Gasteiger charge is 2.48. The van der Waals surface area contributed by atoms with Gasteiger partial charge >= 0.3 is 5.97 Å². The fraction of sp³-hybridized carbons (Fsp3) is 0.500. The molecule has 0 atom stereocenters. The fourth-order valence-corrected chi connectivity index (χ4v) is 3.35. The van der Waals surface area contributed by atoms with E-state index < -0.39 is 0 Å². The van der Waals surface area contributed by atoms with Crippen LogP contribution in [0, 0.1) is 0 Å². The Balaban J connectivity index is 1.65. The van der Waals surface area contributed by atoms with Gasteiger partial charge in [0.1, 0.15) is 6.61 Å². The van der Waals surface area contributed by atoms with E-state index in [2.05, 4.69) is 16.3 Å². The van der Waals surface area contributed by atoms with Gasteiger partial charge in [0, 0.05) is 19.2 Å². The number of hydrogen-bond donors (Lipinski definition) is 1. The zero-order chi connectivity index (χ0) is 14.9. The van der Waals surface area contributed by atoms with E-state index in [0.29, 0.717) is 6.61 Å². The molecule has 1 saturated heterocycles. The number of benzene rings is 1. The molecule has 2 heterocycles. The minimum atomic E-state index is -0.367. The molecule has 0 saturated carbocycles. The highest BCUT2D eigenvalue weighted by molar-refractivity contribution is 6.06. The Labute approximate surface area is 124 Å². The van der Waals surface area contributed by atoms with Crippen molar-refractivity contribution < 1.29 is 14.3 Å². The van der Waals surface area contributed by atoms with Crippen LogP contribution in [0.15, 0.2) is 24.3 Å². The van der Waals surface area contributed by atoms with Crippen molar-refractivity contribution >= 4 is 17.6 Å². The van der Waals surface area contributed by atoms with E-state index in [4.69, 9.17) is 4.74 Å². The van der Waals surface area contributed by atoms with Crippen molar-refractivity contribution in [3.05, 3.63) is 29.8 Å². The van der Waals surface area contributed by atoms with Gasteiger partial charge in [-0.3, -0.25) is 14.5 Å². The lowest BCUT2D eigenvalue weighted by Gasteiger charge is -2.37. The molecule has 3 rings (SSSR count). The number of fused-ring (bicyclic) bond motifs is 2. The second-order valence-electron chi connectivity index (χ2n) is 5.76. The molecule has 0 aromatic heterocycles. The zero-order valence-corrected chi connectivity index (χ0v) is 12.2. The number of piperidine rings is 1. The van der Waals surface area contributed by atoms with Crippen LogP contribution < -0.4 is 5.32 Å². The van der Waals surface area contributed by atoms with E-state index in [1.165, 1.54) is 6.92 Å². The summed E-state index contributed by atoms with van der Waals surface area (Å²) in [5, 5.41) is 3.00. The highest BCUT2D eigenvalue weighted by atomic mass is 16.5. The summed E-state index contributed by atoms with van der Waals surface area (Å²) in [4.78, 5) is 25.4. The average molecular weight is 288 g/mol. The maximum absolute atomic E-state index is 12.4. The summed E-state index contributed by atoms with van der Waals surface area (Å²) in [5.74, 6) is -0.115. The SMILES string of the molecule is CC(=O)OCCN1CCC2(CC1)C(=O)Nc1ccccc12. The van der Waals surface area contributed by atoms with E-state index in [-0.39, 0.29) is 17.3 Å². The van der Waals surface area contributed by atoms with Crippen LogP contribution in [-0.4, -0.2) is 43.0 Å². The van der Waals surface area contributed by atoms with Gasteiger partial charge in [-0.25, -0.2) is 0 Å². The van der Waals surface area contributed by atoms with Crippen LogP contribution in [0.1, 0.15) is 25.3 Å². The van der Waals surface area contributed by atoms with Crippen molar-refractivity contribution in [3.8, 4) is 0 Å². The molecule has 0 bridgehead atoms. The Morgan fingerprint density at radius 3 is 2.76 bits per heavy atom. The molecule has 1 aromatic rings. The molecule has 1 N–H and O–H groups in total. The average Bonchev–Trinajstić information content (AvgIpc) is 2.74. The lowest BCUT2D eigenvalue weighted by atomic mass is 9.74. The number of likely N-dealkylation sites (tertiary alicyclic amines) is 1. The van der Waals surface area contributed by atoms with Gasteiger partial charge in [0.25, 0.3) is 0 Å². The Morgan fingerprint density at radius 1 is 1.33 bits per heavy atom. The van der Waals surface area contributed by atoms with E-state index in [0.717, 1.165) is 43.7 Å². The van der Waals surface area contributed by atoms with E-state index >= 15 is 0 Å². The highest BCUT2D eigenvalue weighted by Crippen LogP contribution is 2.44. The summed E-state index contributed by atoms with van der Waals surface area (Å²) in [6.07, 6.45) is 1.63. The lowest BCUT2D eigenvalue weighted by Crippen LogP contribution is -2.47. The molecular formula is C16H20N2O3. The predicted molar refractivity (Wildman–Crippen MR) is 79.1 cm³/mol. The number of amides is 1. The third-order valence-electron chi connectivity index (χ3n) is 4.55. The zero-order valence-electron chi connectivity index (χ0n) is 12.2. The number of ether oxygens (including phenoxy) is 1. The number of hydrogen-bond acceptors (Lipinski definition) is 4. The number of nitrogens with one attached hydrogen (secondary N) is 1. The van der Waals surface area contributed by atoms with Crippen LogP contribution in [0.3, 0.4) is 0 Å². The number of carbonyl (C=O) groups is 2.